The highest BCUT2D eigenvalue weighted by Gasteiger charge is 2.21. The lowest BCUT2D eigenvalue weighted by atomic mass is 10.1. The van der Waals surface area contributed by atoms with E-state index in [2.05, 4.69) is 0 Å². The number of imide groups is 1. The lowest BCUT2D eigenvalue weighted by molar-refractivity contribution is -0.126. The SMILES string of the molecule is CC(=O)N(CCN(C)C)C(=O)c1ccccc1O. The fourth-order valence-electron chi connectivity index (χ4n) is 1.50. The standard InChI is InChI=1S/C13H18N2O3/c1-10(16)15(9-8-14(2)3)13(18)11-6-4-5-7-12(11)17/h4-7,17H,8-9H2,1-3H3. The number of nitrogens with zero attached hydrogens (tertiary/aromatic N) is 2. The predicted molar refractivity (Wildman–Crippen MR) is 68.4 cm³/mol. The molecule has 5 nitrogen and oxygen atoms in total. The molecule has 1 aromatic rings. The van der Waals surface area contributed by atoms with Crippen molar-refractivity contribution in [3.63, 3.8) is 0 Å². The second-order valence-corrected chi connectivity index (χ2v) is 4.30. The molecular formula is C13H18N2O3. The van der Waals surface area contributed by atoms with Crippen LogP contribution in [-0.2, 0) is 4.79 Å². The zero-order chi connectivity index (χ0) is 13.7. The molecule has 0 heterocycles. The molecule has 0 aliphatic carbocycles. The van der Waals surface area contributed by atoms with Crippen molar-refractivity contribution in [2.45, 2.75) is 6.92 Å². The normalized spacial score (nSPS) is 10.4. The topological polar surface area (TPSA) is 60.9 Å². The summed E-state index contributed by atoms with van der Waals surface area (Å²) in [4.78, 5) is 26.7. The fourth-order valence-corrected chi connectivity index (χ4v) is 1.50. The van der Waals surface area contributed by atoms with Gasteiger partial charge in [0.05, 0.1) is 5.56 Å². The van der Waals surface area contributed by atoms with Crippen LogP contribution < -0.4 is 0 Å². The first-order valence-corrected chi connectivity index (χ1v) is 5.68. The molecule has 2 amide bonds. The van der Waals surface area contributed by atoms with Crippen molar-refractivity contribution in [3.05, 3.63) is 29.8 Å². The summed E-state index contributed by atoms with van der Waals surface area (Å²) in [6.45, 7) is 2.22. The number of likely N-dealkylation sites (N-methyl/N-ethyl adjacent to an activating group) is 1. The van der Waals surface area contributed by atoms with Gasteiger partial charge in [-0.2, -0.15) is 0 Å². The molecule has 0 bridgehead atoms. The summed E-state index contributed by atoms with van der Waals surface area (Å²) in [6.07, 6.45) is 0. The Morgan fingerprint density at radius 2 is 1.78 bits per heavy atom. The maximum Gasteiger partial charge on any atom is 0.264 e. The predicted octanol–water partition coefficient (Wildman–Crippen LogP) is 0.942. The first kappa shape index (κ1) is 14.2. The fraction of sp³-hybridized carbons (Fsp3) is 0.385. The van der Waals surface area contributed by atoms with Gasteiger partial charge < -0.3 is 10.0 Å². The van der Waals surface area contributed by atoms with E-state index in [1.54, 1.807) is 12.1 Å². The molecule has 0 unspecified atom stereocenters. The molecule has 0 aromatic heterocycles. The third-order valence-corrected chi connectivity index (χ3v) is 2.53. The number of phenols is 1. The van der Waals surface area contributed by atoms with E-state index in [4.69, 9.17) is 0 Å². The van der Waals surface area contributed by atoms with Crippen LogP contribution in [0.4, 0.5) is 0 Å². The van der Waals surface area contributed by atoms with Gasteiger partial charge in [-0.3, -0.25) is 14.5 Å². The largest absolute Gasteiger partial charge is 0.507 e. The van der Waals surface area contributed by atoms with E-state index in [0.29, 0.717) is 13.1 Å². The van der Waals surface area contributed by atoms with Crippen molar-refractivity contribution in [3.8, 4) is 5.75 Å². The highest BCUT2D eigenvalue weighted by Crippen LogP contribution is 2.17. The highest BCUT2D eigenvalue weighted by atomic mass is 16.3. The minimum absolute atomic E-state index is 0.112. The molecule has 1 aromatic carbocycles. The van der Waals surface area contributed by atoms with Gasteiger partial charge in [-0.1, -0.05) is 12.1 Å². The minimum Gasteiger partial charge on any atom is -0.507 e. The van der Waals surface area contributed by atoms with Crippen LogP contribution in [0.25, 0.3) is 0 Å². The summed E-state index contributed by atoms with van der Waals surface area (Å²) >= 11 is 0. The minimum atomic E-state index is -0.470. The van der Waals surface area contributed by atoms with E-state index in [1.165, 1.54) is 19.1 Å². The summed E-state index contributed by atoms with van der Waals surface area (Å²) in [7, 11) is 3.73. The van der Waals surface area contributed by atoms with Gasteiger partial charge in [-0.15, -0.1) is 0 Å². The zero-order valence-electron chi connectivity index (χ0n) is 10.9. The Hall–Kier alpha value is -1.88. The Balaban J connectivity index is 2.90. The van der Waals surface area contributed by atoms with Crippen LogP contribution in [0.5, 0.6) is 5.75 Å². The van der Waals surface area contributed by atoms with Crippen molar-refractivity contribution in [1.29, 1.82) is 0 Å². The van der Waals surface area contributed by atoms with Gasteiger partial charge in [0.25, 0.3) is 5.91 Å². The van der Waals surface area contributed by atoms with E-state index >= 15 is 0 Å². The zero-order valence-corrected chi connectivity index (χ0v) is 10.9. The quantitative estimate of drug-likeness (QED) is 0.864. The average molecular weight is 250 g/mol. The molecule has 0 aliphatic rings. The van der Waals surface area contributed by atoms with Crippen molar-refractivity contribution in [1.82, 2.24) is 9.80 Å². The number of hydrogen-bond donors (Lipinski definition) is 1. The second kappa shape index (κ2) is 6.16. The number of rotatable bonds is 4. The third kappa shape index (κ3) is 3.56. The number of carbonyl (C=O) groups excluding carboxylic acids is 2. The highest BCUT2D eigenvalue weighted by molar-refractivity contribution is 6.05. The molecule has 0 radical (unpaired) electrons. The second-order valence-electron chi connectivity index (χ2n) is 4.30. The Bertz CT molecular complexity index is 444. The Kier molecular flexibility index (Phi) is 4.85. The van der Waals surface area contributed by atoms with E-state index in [-0.39, 0.29) is 17.2 Å². The van der Waals surface area contributed by atoms with Gasteiger partial charge >= 0.3 is 0 Å². The van der Waals surface area contributed by atoms with Gasteiger partial charge in [-0.25, -0.2) is 0 Å². The van der Waals surface area contributed by atoms with Crippen molar-refractivity contribution in [2.24, 2.45) is 0 Å². The van der Waals surface area contributed by atoms with E-state index < -0.39 is 5.91 Å². The molecule has 0 saturated heterocycles. The number of phenolic OH excluding ortho intramolecular Hbond substituents is 1. The van der Waals surface area contributed by atoms with Gasteiger partial charge in [0, 0.05) is 20.0 Å². The molecule has 0 spiro atoms. The molecule has 0 saturated carbocycles. The van der Waals surface area contributed by atoms with Crippen molar-refractivity contribution in [2.75, 3.05) is 27.2 Å². The molecule has 98 valence electrons. The monoisotopic (exact) mass is 250 g/mol. The smallest absolute Gasteiger partial charge is 0.264 e. The van der Waals surface area contributed by atoms with E-state index in [9.17, 15) is 14.7 Å². The molecule has 18 heavy (non-hydrogen) atoms. The van der Waals surface area contributed by atoms with Crippen LogP contribution in [0.1, 0.15) is 17.3 Å². The van der Waals surface area contributed by atoms with Crippen LogP contribution in [0.2, 0.25) is 0 Å². The number of aromatic hydroxyl groups is 1. The van der Waals surface area contributed by atoms with Crippen LogP contribution in [0, 0.1) is 0 Å². The summed E-state index contributed by atoms with van der Waals surface area (Å²) in [5.74, 6) is -0.911. The molecule has 1 rings (SSSR count). The Labute approximate surface area is 107 Å². The van der Waals surface area contributed by atoms with Gasteiger partial charge in [0.2, 0.25) is 5.91 Å². The van der Waals surface area contributed by atoms with Crippen LogP contribution in [-0.4, -0.2) is 53.9 Å². The van der Waals surface area contributed by atoms with Gasteiger partial charge in [-0.05, 0) is 26.2 Å². The van der Waals surface area contributed by atoms with Crippen LogP contribution in [0.3, 0.4) is 0 Å². The first-order valence-electron chi connectivity index (χ1n) is 5.68. The number of para-hydroxylation sites is 1. The maximum absolute atomic E-state index is 12.1. The van der Waals surface area contributed by atoms with Crippen molar-refractivity contribution < 1.29 is 14.7 Å². The molecule has 5 heteroatoms. The number of carbonyl (C=O) groups is 2. The van der Waals surface area contributed by atoms with E-state index in [0.717, 1.165) is 4.90 Å². The number of amides is 2. The van der Waals surface area contributed by atoms with Crippen LogP contribution in [0.15, 0.2) is 24.3 Å². The third-order valence-electron chi connectivity index (χ3n) is 2.53. The first-order chi connectivity index (χ1) is 8.43. The van der Waals surface area contributed by atoms with Gasteiger partial charge in [0.1, 0.15) is 5.75 Å². The summed E-state index contributed by atoms with van der Waals surface area (Å²) in [6, 6.07) is 6.21. The van der Waals surface area contributed by atoms with E-state index in [1.807, 2.05) is 19.0 Å². The Morgan fingerprint density at radius 3 is 2.28 bits per heavy atom. The number of benzene rings is 1. The molecule has 0 atom stereocenters. The molecule has 0 fully saturated rings. The molecule has 0 aliphatic heterocycles. The lowest BCUT2D eigenvalue weighted by Crippen LogP contribution is -2.39. The Morgan fingerprint density at radius 1 is 1.17 bits per heavy atom. The molecule has 1 N–H and O–H groups in total. The van der Waals surface area contributed by atoms with Crippen molar-refractivity contribution >= 4 is 11.8 Å². The average Bonchev–Trinajstić information content (AvgIpc) is 2.28. The number of hydrogen-bond acceptors (Lipinski definition) is 4. The van der Waals surface area contributed by atoms with Crippen LogP contribution >= 0.6 is 0 Å². The summed E-state index contributed by atoms with van der Waals surface area (Å²) in [5, 5.41) is 9.62. The van der Waals surface area contributed by atoms with Gasteiger partial charge in [0.15, 0.2) is 0 Å². The summed E-state index contributed by atoms with van der Waals surface area (Å²) in [5.41, 5.74) is 0.145. The summed E-state index contributed by atoms with van der Waals surface area (Å²) < 4.78 is 0. The molecular weight excluding hydrogens is 232 g/mol. The maximum atomic E-state index is 12.1. The lowest BCUT2D eigenvalue weighted by Gasteiger charge is -2.21.